The number of nitrogens with one attached hydrogen (secondary N) is 1. The SMILES string of the molecule is CCCNC/C=C/c1ccc(C(F)F)cc1. The fourth-order valence-corrected chi connectivity index (χ4v) is 1.31. The van der Waals surface area contributed by atoms with E-state index in [1.807, 2.05) is 12.2 Å². The first-order valence-electron chi connectivity index (χ1n) is 5.49. The summed E-state index contributed by atoms with van der Waals surface area (Å²) in [6, 6.07) is 6.34. The molecular weight excluding hydrogens is 208 g/mol. The molecule has 1 rings (SSSR count). The van der Waals surface area contributed by atoms with E-state index in [2.05, 4.69) is 12.2 Å². The van der Waals surface area contributed by atoms with Crippen molar-refractivity contribution in [2.75, 3.05) is 13.1 Å². The van der Waals surface area contributed by atoms with E-state index in [1.54, 1.807) is 12.1 Å². The van der Waals surface area contributed by atoms with Crippen LogP contribution >= 0.6 is 0 Å². The minimum Gasteiger partial charge on any atom is -0.313 e. The average molecular weight is 225 g/mol. The van der Waals surface area contributed by atoms with Crippen molar-refractivity contribution in [3.8, 4) is 0 Å². The van der Waals surface area contributed by atoms with Crippen LogP contribution in [-0.2, 0) is 0 Å². The number of hydrogen-bond donors (Lipinski definition) is 1. The van der Waals surface area contributed by atoms with Gasteiger partial charge in [-0.2, -0.15) is 0 Å². The Morgan fingerprint density at radius 3 is 2.50 bits per heavy atom. The van der Waals surface area contributed by atoms with Gasteiger partial charge in [0.1, 0.15) is 0 Å². The van der Waals surface area contributed by atoms with Gasteiger partial charge in [0, 0.05) is 12.1 Å². The molecule has 16 heavy (non-hydrogen) atoms. The molecule has 1 aromatic carbocycles. The number of benzene rings is 1. The van der Waals surface area contributed by atoms with Crippen molar-refractivity contribution in [3.63, 3.8) is 0 Å². The van der Waals surface area contributed by atoms with E-state index in [0.29, 0.717) is 0 Å². The summed E-state index contributed by atoms with van der Waals surface area (Å²) in [6.07, 6.45) is 2.64. The van der Waals surface area contributed by atoms with E-state index in [0.717, 1.165) is 25.1 Å². The molecule has 0 aliphatic rings. The molecule has 3 heteroatoms. The number of alkyl halides is 2. The highest BCUT2D eigenvalue weighted by atomic mass is 19.3. The van der Waals surface area contributed by atoms with Crippen LogP contribution in [0, 0.1) is 0 Å². The van der Waals surface area contributed by atoms with Gasteiger partial charge in [0.05, 0.1) is 0 Å². The smallest absolute Gasteiger partial charge is 0.263 e. The lowest BCUT2D eigenvalue weighted by molar-refractivity contribution is 0.151. The molecule has 0 aromatic heterocycles. The van der Waals surface area contributed by atoms with Gasteiger partial charge in [-0.1, -0.05) is 43.3 Å². The van der Waals surface area contributed by atoms with Gasteiger partial charge >= 0.3 is 0 Å². The Bertz CT molecular complexity index is 317. The van der Waals surface area contributed by atoms with Crippen LogP contribution < -0.4 is 5.32 Å². The molecule has 1 aromatic rings. The lowest BCUT2D eigenvalue weighted by Gasteiger charge is -2.00. The summed E-state index contributed by atoms with van der Waals surface area (Å²) >= 11 is 0. The Kier molecular flexibility index (Phi) is 5.72. The monoisotopic (exact) mass is 225 g/mol. The molecule has 0 atom stereocenters. The maximum atomic E-state index is 12.3. The van der Waals surface area contributed by atoms with Gasteiger partial charge in [0.2, 0.25) is 0 Å². The van der Waals surface area contributed by atoms with Crippen LogP contribution in [0.15, 0.2) is 30.3 Å². The molecule has 0 heterocycles. The molecule has 0 aliphatic carbocycles. The molecule has 1 nitrogen and oxygen atoms in total. The van der Waals surface area contributed by atoms with Crippen LogP contribution in [0.2, 0.25) is 0 Å². The first-order chi connectivity index (χ1) is 7.74. The topological polar surface area (TPSA) is 12.0 Å². The molecule has 0 amide bonds. The van der Waals surface area contributed by atoms with Crippen molar-refractivity contribution < 1.29 is 8.78 Å². The van der Waals surface area contributed by atoms with Crippen LogP contribution in [0.1, 0.15) is 30.9 Å². The molecule has 88 valence electrons. The summed E-state index contributed by atoms with van der Waals surface area (Å²) in [4.78, 5) is 0. The van der Waals surface area contributed by atoms with Crippen LogP contribution in [0.4, 0.5) is 8.78 Å². The van der Waals surface area contributed by atoms with E-state index in [9.17, 15) is 8.78 Å². The minimum atomic E-state index is -2.38. The summed E-state index contributed by atoms with van der Waals surface area (Å²) in [5.41, 5.74) is 1.02. The fourth-order valence-electron chi connectivity index (χ4n) is 1.31. The summed E-state index contributed by atoms with van der Waals surface area (Å²) in [5.74, 6) is 0. The van der Waals surface area contributed by atoms with Crippen molar-refractivity contribution in [1.82, 2.24) is 5.32 Å². The molecule has 0 unspecified atom stereocenters. The highest BCUT2D eigenvalue weighted by Gasteiger charge is 2.04. The van der Waals surface area contributed by atoms with E-state index >= 15 is 0 Å². The molecule has 0 bridgehead atoms. The summed E-state index contributed by atoms with van der Waals surface area (Å²) in [7, 11) is 0. The zero-order valence-corrected chi connectivity index (χ0v) is 9.42. The first kappa shape index (κ1) is 12.8. The van der Waals surface area contributed by atoms with Crippen molar-refractivity contribution in [2.24, 2.45) is 0 Å². The van der Waals surface area contributed by atoms with Gasteiger partial charge in [-0.25, -0.2) is 8.78 Å². The van der Waals surface area contributed by atoms with Gasteiger partial charge < -0.3 is 5.32 Å². The standard InChI is InChI=1S/C13H17F2N/c1-2-9-16-10-3-4-11-5-7-12(8-6-11)13(14)15/h3-8,13,16H,2,9-10H2,1H3/b4-3+. The maximum Gasteiger partial charge on any atom is 0.263 e. The second-order valence-corrected chi connectivity index (χ2v) is 3.57. The van der Waals surface area contributed by atoms with Crippen molar-refractivity contribution >= 4 is 6.08 Å². The van der Waals surface area contributed by atoms with Gasteiger partial charge in [0.25, 0.3) is 6.43 Å². The average Bonchev–Trinajstić information content (AvgIpc) is 2.29. The lowest BCUT2D eigenvalue weighted by atomic mass is 10.1. The highest BCUT2D eigenvalue weighted by molar-refractivity contribution is 5.49. The van der Waals surface area contributed by atoms with Crippen molar-refractivity contribution in [2.45, 2.75) is 19.8 Å². The third kappa shape index (κ3) is 4.53. The van der Waals surface area contributed by atoms with Crippen molar-refractivity contribution in [3.05, 3.63) is 41.5 Å². The third-order valence-corrected chi connectivity index (χ3v) is 2.19. The number of rotatable bonds is 6. The molecule has 0 radical (unpaired) electrons. The van der Waals surface area contributed by atoms with Gasteiger partial charge in [-0.05, 0) is 18.5 Å². The Hall–Kier alpha value is -1.22. The summed E-state index contributed by atoms with van der Waals surface area (Å²) in [6.45, 7) is 3.92. The quantitative estimate of drug-likeness (QED) is 0.729. The van der Waals surface area contributed by atoms with Crippen molar-refractivity contribution in [1.29, 1.82) is 0 Å². The molecule has 0 saturated carbocycles. The molecule has 0 fully saturated rings. The van der Waals surface area contributed by atoms with Crippen LogP contribution in [-0.4, -0.2) is 13.1 Å². The second kappa shape index (κ2) is 7.12. The Morgan fingerprint density at radius 2 is 1.94 bits per heavy atom. The van der Waals surface area contributed by atoms with E-state index in [4.69, 9.17) is 0 Å². The molecule has 0 spiro atoms. The zero-order valence-electron chi connectivity index (χ0n) is 9.42. The van der Waals surface area contributed by atoms with Crippen LogP contribution in [0.5, 0.6) is 0 Å². The van der Waals surface area contributed by atoms with Gasteiger partial charge in [-0.15, -0.1) is 0 Å². The Labute approximate surface area is 95.2 Å². The molecule has 0 saturated heterocycles. The minimum absolute atomic E-state index is 0.0706. The van der Waals surface area contributed by atoms with Gasteiger partial charge in [-0.3, -0.25) is 0 Å². The van der Waals surface area contributed by atoms with Crippen LogP contribution in [0.25, 0.3) is 6.08 Å². The Balaban J connectivity index is 2.42. The molecule has 0 aliphatic heterocycles. The Morgan fingerprint density at radius 1 is 1.25 bits per heavy atom. The van der Waals surface area contributed by atoms with E-state index in [1.165, 1.54) is 12.1 Å². The highest BCUT2D eigenvalue weighted by Crippen LogP contribution is 2.18. The normalized spacial score (nSPS) is 11.5. The first-order valence-corrected chi connectivity index (χ1v) is 5.49. The summed E-state index contributed by atoms with van der Waals surface area (Å²) in [5, 5.41) is 3.23. The summed E-state index contributed by atoms with van der Waals surface area (Å²) < 4.78 is 24.5. The third-order valence-electron chi connectivity index (χ3n) is 2.19. The molecular formula is C13H17F2N. The largest absolute Gasteiger partial charge is 0.313 e. The predicted molar refractivity (Wildman–Crippen MR) is 63.6 cm³/mol. The van der Waals surface area contributed by atoms with E-state index < -0.39 is 6.43 Å². The van der Waals surface area contributed by atoms with Crippen LogP contribution in [0.3, 0.4) is 0 Å². The predicted octanol–water partition coefficient (Wildman–Crippen LogP) is 3.64. The zero-order chi connectivity index (χ0) is 11.8. The van der Waals surface area contributed by atoms with E-state index in [-0.39, 0.29) is 5.56 Å². The second-order valence-electron chi connectivity index (χ2n) is 3.57. The molecule has 1 N–H and O–H groups in total. The number of halogens is 2. The fraction of sp³-hybridized carbons (Fsp3) is 0.385. The maximum absolute atomic E-state index is 12.3. The lowest BCUT2D eigenvalue weighted by Crippen LogP contribution is -2.13. The number of hydrogen-bond acceptors (Lipinski definition) is 1. The van der Waals surface area contributed by atoms with Gasteiger partial charge in [0.15, 0.2) is 0 Å².